The van der Waals surface area contributed by atoms with E-state index in [1.54, 1.807) is 24.3 Å². The Balaban J connectivity index is 1.66. The number of anilines is 3. The lowest BCUT2D eigenvalue weighted by Crippen LogP contribution is -2.37. The molecule has 0 aliphatic rings. The molecule has 0 bridgehead atoms. The molecule has 6 heteroatoms. The fourth-order valence-corrected chi connectivity index (χ4v) is 2.72. The van der Waals surface area contributed by atoms with E-state index in [0.29, 0.717) is 34.4 Å². The summed E-state index contributed by atoms with van der Waals surface area (Å²) >= 11 is 11.8. The highest BCUT2D eigenvalue weighted by molar-refractivity contribution is 6.30. The number of hydrogen-bond donors (Lipinski definition) is 2. The highest BCUT2D eigenvalue weighted by atomic mass is 35.5. The average Bonchev–Trinajstić information content (AvgIpc) is 2.58. The lowest BCUT2D eigenvalue weighted by atomic mass is 10.1. The Morgan fingerprint density at radius 3 is 2.25 bits per heavy atom. The van der Waals surface area contributed by atoms with Gasteiger partial charge in [-0.15, -0.1) is 0 Å². The number of halogens is 2. The Morgan fingerprint density at radius 1 is 0.833 bits per heavy atom. The first kappa shape index (κ1) is 16.6. The highest BCUT2D eigenvalue weighted by Crippen LogP contribution is 2.22. The van der Waals surface area contributed by atoms with Crippen LogP contribution >= 0.6 is 23.2 Å². The molecule has 0 unspecified atom stereocenters. The molecule has 3 aromatic rings. The van der Waals surface area contributed by atoms with Crippen LogP contribution in [0.1, 0.15) is 5.56 Å². The first-order valence-corrected chi connectivity index (χ1v) is 8.14. The van der Waals surface area contributed by atoms with E-state index in [4.69, 9.17) is 23.2 Å². The van der Waals surface area contributed by atoms with E-state index < -0.39 is 10.9 Å². The van der Waals surface area contributed by atoms with Gasteiger partial charge in [0.15, 0.2) is 0 Å². The Bertz CT molecular complexity index is 929. The van der Waals surface area contributed by atoms with E-state index in [9.17, 15) is 9.59 Å². The van der Waals surface area contributed by atoms with Crippen LogP contribution in [0, 0.1) is 0 Å². The van der Waals surface area contributed by atoms with Crippen molar-refractivity contribution >= 4 is 40.3 Å². The third kappa shape index (κ3) is 3.61. The van der Waals surface area contributed by atoms with Crippen LogP contribution in [0.2, 0.25) is 10.0 Å². The molecule has 0 saturated carbocycles. The molecule has 4 nitrogen and oxygen atoms in total. The minimum absolute atomic E-state index is 0.286. The van der Waals surface area contributed by atoms with Gasteiger partial charge >= 0.3 is 0 Å². The monoisotopic (exact) mass is 360 g/mol. The average molecular weight is 361 g/mol. The zero-order valence-corrected chi connectivity index (χ0v) is 14.1. The van der Waals surface area contributed by atoms with Crippen molar-refractivity contribution in [3.8, 4) is 0 Å². The van der Waals surface area contributed by atoms with Gasteiger partial charge in [-0.05, 0) is 48.4 Å². The summed E-state index contributed by atoms with van der Waals surface area (Å²) in [5.74, 6) is 0. The third-order valence-electron chi connectivity index (χ3n) is 3.63. The minimum Gasteiger partial charge on any atom is -0.380 e. The predicted molar refractivity (Wildman–Crippen MR) is 99.7 cm³/mol. The first-order valence-electron chi connectivity index (χ1n) is 7.39. The molecular formula is C18H14Cl2N2O2. The zero-order valence-electron chi connectivity index (χ0n) is 12.6. The molecule has 0 aliphatic heterocycles. The van der Waals surface area contributed by atoms with Gasteiger partial charge in [-0.25, -0.2) is 0 Å². The number of rotatable bonds is 6. The molecule has 0 aromatic heterocycles. The normalized spacial score (nSPS) is 10.8. The van der Waals surface area contributed by atoms with Crippen molar-refractivity contribution in [3.63, 3.8) is 0 Å². The summed E-state index contributed by atoms with van der Waals surface area (Å²) in [5, 5.41) is 7.26. The lowest BCUT2D eigenvalue weighted by Gasteiger charge is -2.15. The summed E-state index contributed by atoms with van der Waals surface area (Å²) in [4.78, 5) is 23.5. The Kier molecular flexibility index (Phi) is 4.88. The van der Waals surface area contributed by atoms with Crippen molar-refractivity contribution in [3.05, 3.63) is 84.6 Å². The van der Waals surface area contributed by atoms with Gasteiger partial charge in [0.25, 0.3) is 10.9 Å². The van der Waals surface area contributed by atoms with Crippen LogP contribution in [0.3, 0.4) is 0 Å². The molecule has 0 amide bonds. The van der Waals surface area contributed by atoms with Crippen molar-refractivity contribution in [2.75, 3.05) is 17.2 Å². The van der Waals surface area contributed by atoms with E-state index in [2.05, 4.69) is 10.6 Å². The predicted octanol–water partition coefficient (Wildman–Crippen LogP) is 3.99. The second kappa shape index (κ2) is 7.07. The van der Waals surface area contributed by atoms with Gasteiger partial charge in [0.05, 0.1) is 0 Å². The molecule has 0 spiro atoms. The van der Waals surface area contributed by atoms with Crippen LogP contribution in [-0.4, -0.2) is 6.54 Å². The molecular weight excluding hydrogens is 347 g/mol. The van der Waals surface area contributed by atoms with Crippen molar-refractivity contribution in [2.24, 2.45) is 0 Å². The van der Waals surface area contributed by atoms with Gasteiger partial charge in [-0.3, -0.25) is 9.59 Å². The number of hydrogen-bond acceptors (Lipinski definition) is 4. The summed E-state index contributed by atoms with van der Waals surface area (Å²) in [6.45, 7) is 0.528. The van der Waals surface area contributed by atoms with Gasteiger partial charge < -0.3 is 10.6 Å². The Labute approximate surface area is 148 Å². The van der Waals surface area contributed by atoms with E-state index in [1.165, 1.54) is 0 Å². The molecule has 3 rings (SSSR count). The molecule has 2 N–H and O–H groups in total. The van der Waals surface area contributed by atoms with Crippen LogP contribution in [0.25, 0.3) is 0 Å². The van der Waals surface area contributed by atoms with Crippen molar-refractivity contribution in [1.29, 1.82) is 0 Å². The summed E-state index contributed by atoms with van der Waals surface area (Å²) in [6, 6.07) is 14.4. The maximum atomic E-state index is 11.8. The zero-order chi connectivity index (χ0) is 17.1. The molecule has 24 heavy (non-hydrogen) atoms. The molecule has 0 heterocycles. The minimum atomic E-state index is -0.518. The van der Waals surface area contributed by atoms with Gasteiger partial charge in [-0.1, -0.05) is 35.3 Å². The first-order chi connectivity index (χ1) is 11.5. The SMILES string of the molecule is O=c1c(NCCc2cccc(Cl)c2)c(Nc2ccc(Cl)cc2)c1=O. The number of nitrogens with one attached hydrogen (secondary N) is 2. The van der Waals surface area contributed by atoms with Gasteiger partial charge in [0.1, 0.15) is 11.4 Å². The van der Waals surface area contributed by atoms with Gasteiger partial charge in [0, 0.05) is 22.3 Å². The topological polar surface area (TPSA) is 58.2 Å². The maximum absolute atomic E-state index is 11.8. The Morgan fingerprint density at radius 2 is 1.54 bits per heavy atom. The second-order valence-electron chi connectivity index (χ2n) is 5.35. The van der Waals surface area contributed by atoms with E-state index in [1.807, 2.05) is 24.3 Å². The summed E-state index contributed by atoms with van der Waals surface area (Å²) in [6.07, 6.45) is 0.694. The standard InChI is InChI=1S/C18H14Cl2N2O2/c19-12-4-6-14(7-5-12)22-16-15(17(23)18(16)24)21-9-8-11-2-1-3-13(20)10-11/h1-7,10,21-22H,8-9H2. The van der Waals surface area contributed by atoms with E-state index in [-0.39, 0.29) is 5.69 Å². The highest BCUT2D eigenvalue weighted by Gasteiger charge is 2.20. The fourth-order valence-electron chi connectivity index (χ4n) is 2.38. The molecule has 3 aromatic carbocycles. The van der Waals surface area contributed by atoms with Crippen molar-refractivity contribution in [1.82, 2.24) is 0 Å². The molecule has 0 atom stereocenters. The van der Waals surface area contributed by atoms with Crippen LogP contribution in [0.15, 0.2) is 58.1 Å². The van der Waals surface area contributed by atoms with Crippen molar-refractivity contribution < 1.29 is 0 Å². The third-order valence-corrected chi connectivity index (χ3v) is 4.12. The van der Waals surface area contributed by atoms with Crippen LogP contribution in [0.4, 0.5) is 17.1 Å². The smallest absolute Gasteiger partial charge is 0.253 e. The van der Waals surface area contributed by atoms with Crippen LogP contribution < -0.4 is 21.5 Å². The molecule has 0 radical (unpaired) electrons. The summed E-state index contributed by atoms with van der Waals surface area (Å²) < 4.78 is 0. The fraction of sp³-hybridized carbons (Fsp3) is 0.111. The molecule has 0 saturated heterocycles. The van der Waals surface area contributed by atoms with Gasteiger partial charge in [-0.2, -0.15) is 0 Å². The Hall–Kier alpha value is -2.30. The van der Waals surface area contributed by atoms with Crippen LogP contribution in [-0.2, 0) is 6.42 Å². The van der Waals surface area contributed by atoms with Gasteiger partial charge in [0.2, 0.25) is 0 Å². The summed E-state index contributed by atoms with van der Waals surface area (Å²) in [5.41, 5.74) is 1.34. The van der Waals surface area contributed by atoms with Crippen molar-refractivity contribution in [2.45, 2.75) is 6.42 Å². The maximum Gasteiger partial charge on any atom is 0.253 e. The lowest BCUT2D eigenvalue weighted by molar-refractivity contribution is 1.01. The molecule has 122 valence electrons. The van der Waals surface area contributed by atoms with E-state index >= 15 is 0 Å². The van der Waals surface area contributed by atoms with E-state index in [0.717, 1.165) is 5.56 Å². The molecule has 0 fully saturated rings. The summed E-state index contributed by atoms with van der Waals surface area (Å²) in [7, 11) is 0. The second-order valence-corrected chi connectivity index (χ2v) is 6.22. The number of benzene rings is 2. The largest absolute Gasteiger partial charge is 0.380 e. The molecule has 0 aliphatic carbocycles. The quantitative estimate of drug-likeness (QED) is 0.652. The van der Waals surface area contributed by atoms with Crippen LogP contribution in [0.5, 0.6) is 0 Å².